The van der Waals surface area contributed by atoms with Crippen LogP contribution in [0.15, 0.2) is 15.6 Å². The minimum atomic E-state index is -4.10. The van der Waals surface area contributed by atoms with Gasteiger partial charge in [-0.3, -0.25) is 4.99 Å². The highest BCUT2D eigenvalue weighted by Crippen LogP contribution is 2.22. The Kier molecular flexibility index (Phi) is 4.16. The maximum Gasteiger partial charge on any atom is 0.390 e. The second-order valence-corrected chi connectivity index (χ2v) is 4.20. The minimum Gasteiger partial charge on any atom is -0.289 e. The molecule has 0 amide bonds. The average Bonchev–Trinajstić information content (AvgIpc) is 2.01. The number of rotatable bonds is 2. The van der Waals surface area contributed by atoms with E-state index in [1.165, 1.54) is 0 Å². The summed E-state index contributed by atoms with van der Waals surface area (Å²) in [5.74, 6) is 0. The Labute approximate surface area is 89.2 Å². The molecule has 1 rings (SSSR count). The van der Waals surface area contributed by atoms with Crippen molar-refractivity contribution in [2.45, 2.75) is 31.9 Å². The molecule has 1 aliphatic rings. The van der Waals surface area contributed by atoms with Gasteiger partial charge in [0, 0.05) is 12.3 Å². The van der Waals surface area contributed by atoms with E-state index in [9.17, 15) is 13.2 Å². The van der Waals surface area contributed by atoms with Crippen molar-refractivity contribution in [2.24, 2.45) is 4.99 Å². The fourth-order valence-electron chi connectivity index (χ4n) is 1.21. The van der Waals surface area contributed by atoms with Crippen LogP contribution in [0.4, 0.5) is 13.2 Å². The Morgan fingerprint density at radius 3 is 2.64 bits per heavy atom. The Bertz CT molecular complexity index is 255. The Morgan fingerprint density at radius 2 is 2.07 bits per heavy atom. The fraction of sp³-hybridized carbons (Fsp3) is 0.667. The second-order valence-electron chi connectivity index (χ2n) is 3.18. The summed E-state index contributed by atoms with van der Waals surface area (Å²) in [6, 6.07) is 0. The fourth-order valence-corrected chi connectivity index (χ4v) is 1.76. The van der Waals surface area contributed by atoms with Crippen molar-refractivity contribution < 1.29 is 13.2 Å². The molecule has 1 nitrogen and oxygen atoms in total. The van der Waals surface area contributed by atoms with Crippen molar-refractivity contribution >= 4 is 21.6 Å². The SMILES string of the molecule is FC(F)(F)CCN=C1C=C(Br)CCC1. The third kappa shape index (κ3) is 4.79. The van der Waals surface area contributed by atoms with E-state index in [1.807, 2.05) is 6.08 Å². The predicted molar refractivity (Wildman–Crippen MR) is 53.8 cm³/mol. The van der Waals surface area contributed by atoms with E-state index >= 15 is 0 Å². The van der Waals surface area contributed by atoms with Crippen molar-refractivity contribution in [3.63, 3.8) is 0 Å². The number of nitrogens with zero attached hydrogens (tertiary/aromatic N) is 1. The van der Waals surface area contributed by atoms with Gasteiger partial charge in [-0.2, -0.15) is 13.2 Å². The third-order valence-corrected chi connectivity index (χ3v) is 2.51. The lowest BCUT2D eigenvalue weighted by atomic mass is 10.1. The topological polar surface area (TPSA) is 12.4 Å². The highest BCUT2D eigenvalue weighted by Gasteiger charge is 2.26. The van der Waals surface area contributed by atoms with Crippen LogP contribution in [0.2, 0.25) is 0 Å². The number of hydrogen-bond donors (Lipinski definition) is 0. The molecular weight excluding hydrogens is 259 g/mol. The number of aliphatic imine (C=N–C) groups is 1. The minimum absolute atomic E-state index is 0.157. The number of halogens is 4. The first-order valence-electron chi connectivity index (χ1n) is 4.43. The van der Waals surface area contributed by atoms with Crippen molar-refractivity contribution in [3.8, 4) is 0 Å². The van der Waals surface area contributed by atoms with Gasteiger partial charge in [0.25, 0.3) is 0 Å². The van der Waals surface area contributed by atoms with Gasteiger partial charge in [0.1, 0.15) is 0 Å². The van der Waals surface area contributed by atoms with E-state index in [1.54, 1.807) is 0 Å². The lowest BCUT2D eigenvalue weighted by Crippen LogP contribution is -2.10. The molecule has 0 aromatic rings. The molecule has 0 aliphatic heterocycles. The van der Waals surface area contributed by atoms with Gasteiger partial charge < -0.3 is 0 Å². The van der Waals surface area contributed by atoms with Gasteiger partial charge in [0.15, 0.2) is 0 Å². The molecule has 0 saturated heterocycles. The zero-order valence-corrected chi connectivity index (χ0v) is 9.16. The molecule has 0 unspecified atom stereocenters. The molecule has 0 atom stereocenters. The van der Waals surface area contributed by atoms with Gasteiger partial charge in [-0.15, -0.1) is 0 Å². The van der Waals surface area contributed by atoms with Crippen molar-refractivity contribution in [1.29, 1.82) is 0 Å². The summed E-state index contributed by atoms with van der Waals surface area (Å²) in [4.78, 5) is 3.91. The van der Waals surface area contributed by atoms with Crippen molar-refractivity contribution in [2.75, 3.05) is 6.54 Å². The van der Waals surface area contributed by atoms with E-state index in [0.29, 0.717) is 0 Å². The molecule has 14 heavy (non-hydrogen) atoms. The molecule has 0 heterocycles. The summed E-state index contributed by atoms with van der Waals surface area (Å²) in [6.45, 7) is -0.157. The smallest absolute Gasteiger partial charge is 0.289 e. The van der Waals surface area contributed by atoms with Crippen LogP contribution in [0.25, 0.3) is 0 Å². The summed E-state index contributed by atoms with van der Waals surface area (Å²) < 4.78 is 36.4. The normalized spacial score (nSPS) is 21.1. The van der Waals surface area contributed by atoms with Gasteiger partial charge in [0.05, 0.1) is 6.42 Å². The van der Waals surface area contributed by atoms with E-state index < -0.39 is 12.6 Å². The molecule has 0 saturated carbocycles. The first-order valence-corrected chi connectivity index (χ1v) is 5.23. The highest BCUT2D eigenvalue weighted by atomic mass is 79.9. The van der Waals surface area contributed by atoms with Crippen LogP contribution in [-0.4, -0.2) is 18.4 Å². The van der Waals surface area contributed by atoms with Crippen LogP contribution in [-0.2, 0) is 0 Å². The molecule has 0 bridgehead atoms. The third-order valence-electron chi connectivity index (χ3n) is 1.88. The summed E-state index contributed by atoms with van der Waals surface area (Å²) in [6.07, 6.45) is -0.408. The van der Waals surface area contributed by atoms with Crippen LogP contribution in [0.5, 0.6) is 0 Å². The van der Waals surface area contributed by atoms with E-state index in [4.69, 9.17) is 0 Å². The van der Waals surface area contributed by atoms with Gasteiger partial charge in [-0.1, -0.05) is 15.9 Å². The lowest BCUT2D eigenvalue weighted by Gasteiger charge is -2.10. The Balaban J connectivity index is 2.41. The van der Waals surface area contributed by atoms with Crippen molar-refractivity contribution in [1.82, 2.24) is 0 Å². The zero-order chi connectivity index (χ0) is 10.6. The number of hydrogen-bond acceptors (Lipinski definition) is 1. The first-order chi connectivity index (χ1) is 6.47. The monoisotopic (exact) mass is 269 g/mol. The van der Waals surface area contributed by atoms with Crippen LogP contribution < -0.4 is 0 Å². The van der Waals surface area contributed by atoms with Gasteiger partial charge in [-0.25, -0.2) is 0 Å². The van der Waals surface area contributed by atoms with E-state index in [-0.39, 0.29) is 6.54 Å². The van der Waals surface area contributed by atoms with Crippen LogP contribution in [0, 0.1) is 0 Å². The van der Waals surface area contributed by atoms with Crippen molar-refractivity contribution in [3.05, 3.63) is 10.6 Å². The van der Waals surface area contributed by atoms with Gasteiger partial charge in [-0.05, 0) is 29.8 Å². The van der Waals surface area contributed by atoms with Crippen LogP contribution >= 0.6 is 15.9 Å². The molecule has 0 aromatic heterocycles. The zero-order valence-electron chi connectivity index (χ0n) is 7.57. The maximum atomic E-state index is 11.8. The first kappa shape index (κ1) is 11.8. The lowest BCUT2D eigenvalue weighted by molar-refractivity contribution is -0.132. The molecule has 5 heteroatoms. The molecule has 0 fully saturated rings. The molecule has 1 aliphatic carbocycles. The van der Waals surface area contributed by atoms with Crippen LogP contribution in [0.1, 0.15) is 25.7 Å². The maximum absolute atomic E-state index is 11.8. The summed E-state index contributed by atoms with van der Waals surface area (Å²) in [5.41, 5.74) is 0.771. The summed E-state index contributed by atoms with van der Waals surface area (Å²) in [5, 5.41) is 0. The molecule has 0 aromatic carbocycles. The van der Waals surface area contributed by atoms with Crippen LogP contribution in [0.3, 0.4) is 0 Å². The molecular formula is C9H11BrF3N. The summed E-state index contributed by atoms with van der Waals surface area (Å²) >= 11 is 3.32. The Hall–Kier alpha value is -0.320. The number of allylic oxidation sites excluding steroid dienone is 2. The average molecular weight is 270 g/mol. The second kappa shape index (κ2) is 4.96. The molecule has 0 spiro atoms. The molecule has 0 N–H and O–H groups in total. The summed E-state index contributed by atoms with van der Waals surface area (Å²) in [7, 11) is 0. The standard InChI is InChI=1S/C9H11BrF3N/c10-7-2-1-3-8(6-7)14-5-4-9(11,12)13/h6H,1-5H2. The van der Waals surface area contributed by atoms with Gasteiger partial charge >= 0.3 is 6.18 Å². The largest absolute Gasteiger partial charge is 0.390 e. The van der Waals surface area contributed by atoms with E-state index in [2.05, 4.69) is 20.9 Å². The Morgan fingerprint density at radius 1 is 1.36 bits per heavy atom. The molecule has 80 valence electrons. The number of alkyl halides is 3. The quantitative estimate of drug-likeness (QED) is 0.722. The highest BCUT2D eigenvalue weighted by molar-refractivity contribution is 9.11. The molecule has 0 radical (unpaired) electrons. The van der Waals surface area contributed by atoms with E-state index in [0.717, 1.165) is 29.5 Å². The predicted octanol–water partition coefficient (Wildman–Crippen LogP) is 3.84. The van der Waals surface area contributed by atoms with Gasteiger partial charge in [0.2, 0.25) is 0 Å².